The molecule has 0 unspecified atom stereocenters. The van der Waals surface area contributed by atoms with Crippen LogP contribution in [0.4, 0.5) is 5.69 Å². The predicted molar refractivity (Wildman–Crippen MR) is 111 cm³/mol. The summed E-state index contributed by atoms with van der Waals surface area (Å²) in [5.74, 6) is 0.468. The molecule has 3 aliphatic rings. The summed E-state index contributed by atoms with van der Waals surface area (Å²) in [7, 11) is 1.81. The Labute approximate surface area is 170 Å². The number of halogens is 1. The summed E-state index contributed by atoms with van der Waals surface area (Å²) in [6.07, 6.45) is 6.20. The van der Waals surface area contributed by atoms with E-state index in [4.69, 9.17) is 11.6 Å². The van der Waals surface area contributed by atoms with Crippen molar-refractivity contribution >= 4 is 29.0 Å². The van der Waals surface area contributed by atoms with Crippen molar-refractivity contribution in [2.45, 2.75) is 50.9 Å². The lowest BCUT2D eigenvalue weighted by atomic mass is 9.32. The van der Waals surface area contributed by atoms with Crippen molar-refractivity contribution in [2.75, 3.05) is 11.9 Å². The Bertz CT molecular complexity index is 903. The van der Waals surface area contributed by atoms with E-state index in [2.05, 4.69) is 17.1 Å². The minimum atomic E-state index is -0.123. The van der Waals surface area contributed by atoms with E-state index >= 15 is 0 Å². The van der Waals surface area contributed by atoms with Crippen molar-refractivity contribution in [1.29, 1.82) is 0 Å². The van der Waals surface area contributed by atoms with Gasteiger partial charge in [0.1, 0.15) is 10.9 Å². The van der Waals surface area contributed by atoms with Crippen molar-refractivity contribution in [3.63, 3.8) is 0 Å². The van der Waals surface area contributed by atoms with E-state index in [0.717, 1.165) is 30.5 Å². The third-order valence-corrected chi connectivity index (χ3v) is 6.96. The second-order valence-corrected chi connectivity index (χ2v) is 8.68. The molecule has 4 nitrogen and oxygen atoms in total. The van der Waals surface area contributed by atoms with Crippen LogP contribution in [0.2, 0.25) is 5.15 Å². The molecule has 2 aromatic rings. The molecule has 1 aromatic carbocycles. The van der Waals surface area contributed by atoms with Gasteiger partial charge in [-0.2, -0.15) is 0 Å². The lowest BCUT2D eigenvalue weighted by Gasteiger charge is -2.70. The van der Waals surface area contributed by atoms with Crippen molar-refractivity contribution < 1.29 is 9.59 Å². The fraction of sp³-hybridized carbons (Fsp3) is 0.435. The van der Waals surface area contributed by atoms with Gasteiger partial charge in [-0.05, 0) is 60.4 Å². The van der Waals surface area contributed by atoms with Crippen LogP contribution in [0.1, 0.15) is 50.2 Å². The molecule has 3 aliphatic carbocycles. The highest BCUT2D eigenvalue weighted by Gasteiger charge is 2.70. The Balaban J connectivity index is 1.35. The Morgan fingerprint density at radius 1 is 1.14 bits per heavy atom. The van der Waals surface area contributed by atoms with Gasteiger partial charge in [-0.1, -0.05) is 36.7 Å². The van der Waals surface area contributed by atoms with Gasteiger partial charge in [0.15, 0.2) is 0 Å². The van der Waals surface area contributed by atoms with Crippen molar-refractivity contribution in [3.05, 3.63) is 58.9 Å². The first-order valence-electron chi connectivity index (χ1n) is 9.89. The monoisotopic (exact) mass is 396 g/mol. The molecule has 0 atom stereocenters. The largest absolute Gasteiger partial charge is 0.316 e. The maximum atomic E-state index is 12.8. The number of carbonyl (C=O) groups is 2. The maximum Gasteiger partial charge on any atom is 0.226 e. The highest BCUT2D eigenvalue weighted by atomic mass is 35.5. The Morgan fingerprint density at radius 2 is 1.82 bits per heavy atom. The van der Waals surface area contributed by atoms with Crippen LogP contribution in [0.3, 0.4) is 0 Å². The summed E-state index contributed by atoms with van der Waals surface area (Å²) < 4.78 is 0. The number of rotatable bonds is 7. The number of nitrogens with zero attached hydrogens (tertiary/aromatic N) is 2. The molecule has 5 heteroatoms. The summed E-state index contributed by atoms with van der Waals surface area (Å²) in [4.78, 5) is 30.4. The molecule has 5 rings (SSSR count). The maximum absolute atomic E-state index is 12.8. The quantitative estimate of drug-likeness (QED) is 0.635. The molecule has 1 heterocycles. The predicted octanol–water partition coefficient (Wildman–Crippen LogP) is 4.73. The van der Waals surface area contributed by atoms with E-state index in [1.807, 2.05) is 38.2 Å². The number of anilines is 1. The lowest BCUT2D eigenvalue weighted by molar-refractivity contribution is -0.173. The summed E-state index contributed by atoms with van der Waals surface area (Å²) in [5.41, 5.74) is 3.19. The van der Waals surface area contributed by atoms with Crippen LogP contribution in [0.25, 0.3) is 0 Å². The second kappa shape index (κ2) is 7.00. The highest BCUT2D eigenvalue weighted by molar-refractivity contribution is 6.30. The number of Topliss-reactive ketones (excluding diaryl/α,β-unsaturated/α-hetero) is 1. The van der Waals surface area contributed by atoms with Crippen molar-refractivity contribution in [2.24, 2.45) is 5.41 Å². The van der Waals surface area contributed by atoms with E-state index < -0.39 is 0 Å². The number of hydrogen-bond donors (Lipinski definition) is 0. The number of pyridine rings is 1. The molecular weight excluding hydrogens is 372 g/mol. The van der Waals surface area contributed by atoms with Gasteiger partial charge in [0.25, 0.3) is 0 Å². The zero-order valence-electron chi connectivity index (χ0n) is 16.4. The van der Waals surface area contributed by atoms with Gasteiger partial charge in [0, 0.05) is 37.2 Å². The summed E-state index contributed by atoms with van der Waals surface area (Å²) in [5, 5.41) is 0.496. The molecule has 28 heavy (non-hydrogen) atoms. The molecule has 1 aromatic heterocycles. The van der Waals surface area contributed by atoms with Crippen LogP contribution in [0, 0.1) is 5.41 Å². The molecule has 0 N–H and O–H groups in total. The van der Waals surface area contributed by atoms with Gasteiger partial charge in [0.2, 0.25) is 5.91 Å². The summed E-state index contributed by atoms with van der Waals surface area (Å²) in [6, 6.07) is 12.1. The molecule has 146 valence electrons. The van der Waals surface area contributed by atoms with Crippen LogP contribution in [0.5, 0.6) is 0 Å². The van der Waals surface area contributed by atoms with Gasteiger partial charge < -0.3 is 4.90 Å². The Morgan fingerprint density at radius 3 is 2.43 bits per heavy atom. The molecule has 0 radical (unpaired) electrons. The second-order valence-electron chi connectivity index (χ2n) is 8.32. The summed E-state index contributed by atoms with van der Waals surface area (Å²) >= 11 is 6.10. The van der Waals surface area contributed by atoms with E-state index in [1.54, 1.807) is 11.1 Å². The lowest BCUT2D eigenvalue weighted by Crippen LogP contribution is -2.67. The zero-order chi connectivity index (χ0) is 19.9. The van der Waals surface area contributed by atoms with Crippen molar-refractivity contribution in [3.8, 4) is 0 Å². The molecule has 3 saturated carbocycles. The SMILES string of the molecule is CCC(=O)N(C)c1ccc(C23CC(C(=O)CCc4cccnc4Cl)(C2)C3)cc1. The zero-order valence-corrected chi connectivity index (χ0v) is 17.1. The van der Waals surface area contributed by atoms with Crippen LogP contribution in [0.15, 0.2) is 42.6 Å². The van der Waals surface area contributed by atoms with E-state index in [9.17, 15) is 9.59 Å². The van der Waals surface area contributed by atoms with Crippen LogP contribution in [-0.4, -0.2) is 23.7 Å². The highest BCUT2D eigenvalue weighted by Crippen LogP contribution is 2.74. The van der Waals surface area contributed by atoms with Crippen LogP contribution < -0.4 is 4.90 Å². The fourth-order valence-electron chi connectivity index (χ4n) is 4.93. The van der Waals surface area contributed by atoms with Crippen LogP contribution in [-0.2, 0) is 21.4 Å². The first kappa shape index (κ1) is 19.1. The average molecular weight is 397 g/mol. The molecule has 2 bridgehead atoms. The number of ketones is 1. The summed E-state index contributed by atoms with van der Waals surface area (Å²) in [6.45, 7) is 1.87. The molecule has 1 amide bonds. The van der Waals surface area contributed by atoms with Gasteiger partial charge in [-0.25, -0.2) is 4.98 Å². The Hall–Kier alpha value is -2.20. The third kappa shape index (κ3) is 3.04. The fourth-order valence-corrected chi connectivity index (χ4v) is 5.14. The number of hydrogen-bond acceptors (Lipinski definition) is 3. The topological polar surface area (TPSA) is 50.3 Å². The number of benzene rings is 1. The first-order valence-corrected chi connectivity index (χ1v) is 10.3. The average Bonchev–Trinajstić information content (AvgIpc) is 2.64. The molecule has 0 saturated heterocycles. The first-order chi connectivity index (χ1) is 13.4. The minimum absolute atomic E-state index is 0.108. The van der Waals surface area contributed by atoms with Crippen molar-refractivity contribution in [1.82, 2.24) is 4.98 Å². The number of amides is 1. The number of carbonyl (C=O) groups excluding carboxylic acids is 2. The van der Waals surface area contributed by atoms with Gasteiger partial charge in [0.05, 0.1) is 0 Å². The normalized spacial score (nSPS) is 24.8. The van der Waals surface area contributed by atoms with E-state index in [1.165, 1.54) is 5.56 Å². The minimum Gasteiger partial charge on any atom is -0.316 e. The molecule has 3 fully saturated rings. The Kier molecular flexibility index (Phi) is 4.78. The number of aromatic nitrogens is 1. The molecule has 0 spiro atoms. The third-order valence-electron chi connectivity index (χ3n) is 6.62. The van der Waals surface area contributed by atoms with Gasteiger partial charge in [-0.15, -0.1) is 0 Å². The molecule has 0 aliphatic heterocycles. The van der Waals surface area contributed by atoms with Crippen LogP contribution >= 0.6 is 11.6 Å². The molecular formula is C23H25ClN2O2. The standard InChI is InChI=1S/C23H25ClN2O2/c1-3-20(28)26(2)18-9-7-17(8-10-18)22-13-23(14-22,15-22)19(27)11-6-16-5-4-12-25-21(16)24/h4-5,7-10,12H,3,6,11,13-15H2,1-2H3. The number of aryl methyl sites for hydroxylation is 1. The van der Waals surface area contributed by atoms with Gasteiger partial charge >= 0.3 is 0 Å². The van der Waals surface area contributed by atoms with E-state index in [0.29, 0.717) is 30.2 Å². The van der Waals surface area contributed by atoms with Gasteiger partial charge in [-0.3, -0.25) is 9.59 Å². The van der Waals surface area contributed by atoms with E-state index in [-0.39, 0.29) is 16.7 Å². The smallest absolute Gasteiger partial charge is 0.226 e.